The van der Waals surface area contributed by atoms with Crippen molar-refractivity contribution in [1.82, 2.24) is 15.5 Å². The van der Waals surface area contributed by atoms with Gasteiger partial charge in [0.2, 0.25) is 0 Å². The molecule has 0 saturated carbocycles. The van der Waals surface area contributed by atoms with Crippen LogP contribution in [0.1, 0.15) is 27.4 Å². The van der Waals surface area contributed by atoms with E-state index in [0.29, 0.717) is 30.3 Å². The molecule has 22 heavy (non-hydrogen) atoms. The molecule has 1 aliphatic heterocycles. The van der Waals surface area contributed by atoms with Gasteiger partial charge in [-0.15, -0.1) is 0 Å². The Balaban J connectivity index is 1.70. The maximum atomic E-state index is 12.5. The van der Waals surface area contributed by atoms with E-state index >= 15 is 0 Å². The number of rotatable bonds is 4. The number of ether oxygens (including phenoxy) is 2. The average molecular weight is 305 g/mol. The van der Waals surface area contributed by atoms with Crippen molar-refractivity contribution in [1.29, 1.82) is 0 Å². The molecule has 2 aromatic rings. The van der Waals surface area contributed by atoms with Crippen LogP contribution in [0.5, 0.6) is 5.75 Å². The molecule has 3 rings (SSSR count). The van der Waals surface area contributed by atoms with Crippen molar-refractivity contribution in [2.24, 2.45) is 0 Å². The summed E-state index contributed by atoms with van der Waals surface area (Å²) in [5, 5.41) is 9.49. The Hall–Kier alpha value is -2.28. The zero-order valence-corrected chi connectivity index (χ0v) is 12.8. The second-order valence-electron chi connectivity index (χ2n) is 5.42. The van der Waals surface area contributed by atoms with Gasteiger partial charge in [-0.2, -0.15) is 5.10 Å². The van der Waals surface area contributed by atoms with Gasteiger partial charge >= 0.3 is 0 Å². The van der Waals surface area contributed by atoms with E-state index in [-0.39, 0.29) is 18.1 Å². The van der Waals surface area contributed by atoms with Crippen LogP contribution in [-0.4, -0.2) is 41.5 Å². The third-order valence-electron chi connectivity index (χ3n) is 3.89. The Morgan fingerprint density at radius 3 is 2.82 bits per heavy atom. The first-order valence-corrected chi connectivity index (χ1v) is 7.17. The standard InChI is InChI=1S/C15H19N3O4/c1-8-9(2)21-10(3)14(8)15(19)18-12-6-20-7-13(12)22-11-4-16-17-5-11/h4-5,12-13H,6-7H2,1-3H3,(H,16,17)(H,18,19)/t12-,13+/m0/s1. The van der Waals surface area contributed by atoms with Gasteiger partial charge in [-0.1, -0.05) is 0 Å². The molecule has 2 N–H and O–H groups in total. The van der Waals surface area contributed by atoms with Gasteiger partial charge in [0.05, 0.1) is 37.2 Å². The van der Waals surface area contributed by atoms with Gasteiger partial charge < -0.3 is 19.2 Å². The van der Waals surface area contributed by atoms with Crippen LogP contribution in [0.2, 0.25) is 0 Å². The topological polar surface area (TPSA) is 89.4 Å². The molecule has 0 unspecified atom stereocenters. The van der Waals surface area contributed by atoms with Crippen molar-refractivity contribution in [3.05, 3.63) is 35.0 Å². The highest BCUT2D eigenvalue weighted by molar-refractivity contribution is 5.97. The van der Waals surface area contributed by atoms with E-state index < -0.39 is 0 Å². The maximum absolute atomic E-state index is 12.5. The van der Waals surface area contributed by atoms with Gasteiger partial charge in [0.15, 0.2) is 5.75 Å². The van der Waals surface area contributed by atoms with Gasteiger partial charge in [-0.25, -0.2) is 0 Å². The Morgan fingerprint density at radius 1 is 1.36 bits per heavy atom. The summed E-state index contributed by atoms with van der Waals surface area (Å²) in [5.41, 5.74) is 1.45. The number of H-pyrrole nitrogens is 1. The highest BCUT2D eigenvalue weighted by atomic mass is 16.5. The minimum Gasteiger partial charge on any atom is -0.482 e. The Morgan fingerprint density at radius 2 is 2.18 bits per heavy atom. The first-order valence-electron chi connectivity index (χ1n) is 7.17. The molecule has 1 fully saturated rings. The Kier molecular flexibility index (Phi) is 3.89. The Labute approximate surface area is 128 Å². The number of nitrogens with one attached hydrogen (secondary N) is 2. The number of hydrogen-bond donors (Lipinski definition) is 2. The molecular weight excluding hydrogens is 286 g/mol. The molecule has 118 valence electrons. The SMILES string of the molecule is Cc1oc(C)c(C(=O)N[C@H]2COC[C@H]2Oc2cn[nH]c2)c1C. The molecule has 1 saturated heterocycles. The van der Waals surface area contributed by atoms with Gasteiger partial charge in [0.1, 0.15) is 17.6 Å². The molecule has 3 heterocycles. The van der Waals surface area contributed by atoms with Crippen LogP contribution in [0.3, 0.4) is 0 Å². The van der Waals surface area contributed by atoms with Crippen LogP contribution in [0.4, 0.5) is 0 Å². The maximum Gasteiger partial charge on any atom is 0.255 e. The average Bonchev–Trinajstić information content (AvgIpc) is 3.16. The van der Waals surface area contributed by atoms with Crippen molar-refractivity contribution in [2.75, 3.05) is 13.2 Å². The normalized spacial score (nSPS) is 21.0. The molecule has 7 nitrogen and oxygen atoms in total. The minimum atomic E-state index is -0.241. The lowest BCUT2D eigenvalue weighted by molar-refractivity contribution is 0.0902. The second-order valence-corrected chi connectivity index (χ2v) is 5.42. The highest BCUT2D eigenvalue weighted by Crippen LogP contribution is 2.22. The number of aromatic amines is 1. The number of carbonyl (C=O) groups is 1. The lowest BCUT2D eigenvalue weighted by Crippen LogP contribution is -2.45. The molecule has 7 heteroatoms. The van der Waals surface area contributed by atoms with E-state index in [9.17, 15) is 4.79 Å². The van der Waals surface area contributed by atoms with Gasteiger partial charge in [0, 0.05) is 5.56 Å². The predicted octanol–water partition coefficient (Wildman–Crippen LogP) is 1.50. The zero-order chi connectivity index (χ0) is 15.7. The number of hydrogen-bond acceptors (Lipinski definition) is 5. The summed E-state index contributed by atoms with van der Waals surface area (Å²) in [6, 6.07) is -0.212. The zero-order valence-electron chi connectivity index (χ0n) is 12.8. The minimum absolute atomic E-state index is 0.164. The van der Waals surface area contributed by atoms with Crippen LogP contribution in [-0.2, 0) is 4.74 Å². The summed E-state index contributed by atoms with van der Waals surface area (Å²) in [5.74, 6) is 1.85. The van der Waals surface area contributed by atoms with Crippen LogP contribution >= 0.6 is 0 Å². The quantitative estimate of drug-likeness (QED) is 0.893. The summed E-state index contributed by atoms with van der Waals surface area (Å²) < 4.78 is 16.7. The lowest BCUT2D eigenvalue weighted by atomic mass is 10.1. The van der Waals surface area contributed by atoms with Crippen LogP contribution in [0, 0.1) is 20.8 Å². The summed E-state index contributed by atoms with van der Waals surface area (Å²) in [4.78, 5) is 12.5. The largest absolute Gasteiger partial charge is 0.482 e. The summed E-state index contributed by atoms with van der Waals surface area (Å²) in [6.07, 6.45) is 3.01. The summed E-state index contributed by atoms with van der Waals surface area (Å²) in [6.45, 7) is 6.37. The van der Waals surface area contributed by atoms with E-state index in [0.717, 1.165) is 11.3 Å². The fourth-order valence-electron chi connectivity index (χ4n) is 2.63. The molecule has 1 aliphatic rings. The number of carbonyl (C=O) groups excluding carboxylic acids is 1. The fourth-order valence-corrected chi connectivity index (χ4v) is 2.63. The van der Waals surface area contributed by atoms with Crippen LogP contribution < -0.4 is 10.1 Å². The molecule has 1 amide bonds. The number of nitrogens with zero attached hydrogens (tertiary/aromatic N) is 1. The lowest BCUT2D eigenvalue weighted by Gasteiger charge is -2.19. The van der Waals surface area contributed by atoms with Crippen LogP contribution in [0.25, 0.3) is 0 Å². The van der Waals surface area contributed by atoms with Crippen molar-refractivity contribution in [2.45, 2.75) is 32.9 Å². The molecule has 2 aromatic heterocycles. The predicted molar refractivity (Wildman–Crippen MR) is 78.0 cm³/mol. The fraction of sp³-hybridized carbons (Fsp3) is 0.467. The van der Waals surface area contributed by atoms with Crippen molar-refractivity contribution in [3.63, 3.8) is 0 Å². The van der Waals surface area contributed by atoms with Crippen molar-refractivity contribution < 1.29 is 18.7 Å². The van der Waals surface area contributed by atoms with E-state index in [1.54, 1.807) is 19.3 Å². The van der Waals surface area contributed by atoms with Gasteiger partial charge in [0.25, 0.3) is 5.91 Å². The van der Waals surface area contributed by atoms with Gasteiger partial charge in [-0.05, 0) is 20.8 Å². The van der Waals surface area contributed by atoms with E-state index in [1.807, 2.05) is 13.8 Å². The smallest absolute Gasteiger partial charge is 0.255 e. The molecule has 2 atom stereocenters. The number of aryl methyl sites for hydroxylation is 2. The third kappa shape index (κ3) is 2.71. The second kappa shape index (κ2) is 5.84. The summed E-state index contributed by atoms with van der Waals surface area (Å²) >= 11 is 0. The third-order valence-corrected chi connectivity index (χ3v) is 3.89. The Bertz CT molecular complexity index is 663. The van der Waals surface area contributed by atoms with E-state index in [2.05, 4.69) is 15.5 Å². The highest BCUT2D eigenvalue weighted by Gasteiger charge is 2.33. The summed E-state index contributed by atoms with van der Waals surface area (Å²) in [7, 11) is 0. The number of aromatic nitrogens is 2. The molecule has 0 aliphatic carbocycles. The first kappa shape index (κ1) is 14.6. The molecular formula is C15H19N3O4. The van der Waals surface area contributed by atoms with Gasteiger partial charge in [-0.3, -0.25) is 9.89 Å². The number of furan rings is 1. The van der Waals surface area contributed by atoms with E-state index in [1.165, 1.54) is 0 Å². The molecule has 0 radical (unpaired) electrons. The van der Waals surface area contributed by atoms with Crippen LogP contribution in [0.15, 0.2) is 16.8 Å². The number of amides is 1. The van der Waals surface area contributed by atoms with E-state index in [4.69, 9.17) is 13.9 Å². The van der Waals surface area contributed by atoms with Crippen molar-refractivity contribution >= 4 is 5.91 Å². The first-order chi connectivity index (χ1) is 10.6. The monoisotopic (exact) mass is 305 g/mol. The molecule has 0 spiro atoms. The molecule has 0 aromatic carbocycles. The van der Waals surface area contributed by atoms with Crippen molar-refractivity contribution in [3.8, 4) is 5.75 Å². The molecule has 0 bridgehead atoms.